The average Bonchev–Trinajstić information content (AvgIpc) is 2.81. The third-order valence-electron chi connectivity index (χ3n) is 3.30. The van der Waals surface area contributed by atoms with Gasteiger partial charge >= 0.3 is 0 Å². The van der Waals surface area contributed by atoms with E-state index in [2.05, 4.69) is 20.1 Å². The summed E-state index contributed by atoms with van der Waals surface area (Å²) >= 11 is 0. The molecule has 0 amide bonds. The minimum Gasteiger partial charge on any atom is -0.375 e. The molecule has 3 rings (SSSR count). The Labute approximate surface area is 109 Å². The van der Waals surface area contributed by atoms with Crippen molar-refractivity contribution in [3.8, 4) is 0 Å². The molecule has 1 N–H and O–H groups in total. The maximum atomic E-state index is 13.5. The highest BCUT2D eigenvalue weighted by atomic mass is 19.1. The van der Waals surface area contributed by atoms with Crippen molar-refractivity contribution in [2.75, 3.05) is 5.32 Å². The zero-order valence-electron chi connectivity index (χ0n) is 10.4. The fraction of sp³-hybridized carbons (Fsp3) is 0.385. The van der Waals surface area contributed by atoms with E-state index in [-0.39, 0.29) is 5.69 Å². The SMILES string of the molecule is Fc1ccc(NCc2nnc3n2CCCC3)c(F)c1. The number of rotatable bonds is 3. The van der Waals surface area contributed by atoms with Gasteiger partial charge in [0, 0.05) is 19.0 Å². The molecule has 1 aromatic heterocycles. The number of fused-ring (bicyclic) bond motifs is 1. The Morgan fingerprint density at radius 2 is 2.11 bits per heavy atom. The monoisotopic (exact) mass is 264 g/mol. The predicted molar refractivity (Wildman–Crippen MR) is 66.6 cm³/mol. The van der Waals surface area contributed by atoms with E-state index in [9.17, 15) is 8.78 Å². The molecule has 1 aliphatic heterocycles. The number of hydrogen-bond acceptors (Lipinski definition) is 3. The van der Waals surface area contributed by atoms with Gasteiger partial charge in [-0.05, 0) is 25.0 Å². The van der Waals surface area contributed by atoms with Crippen LogP contribution in [-0.4, -0.2) is 14.8 Å². The Balaban J connectivity index is 1.74. The van der Waals surface area contributed by atoms with E-state index in [1.807, 2.05) is 0 Å². The second-order valence-corrected chi connectivity index (χ2v) is 4.62. The summed E-state index contributed by atoms with van der Waals surface area (Å²) in [5.74, 6) is 0.599. The summed E-state index contributed by atoms with van der Waals surface area (Å²) in [4.78, 5) is 0. The molecular weight excluding hydrogens is 250 g/mol. The molecule has 19 heavy (non-hydrogen) atoms. The fourth-order valence-electron chi connectivity index (χ4n) is 2.31. The van der Waals surface area contributed by atoms with Gasteiger partial charge in [-0.1, -0.05) is 0 Å². The second-order valence-electron chi connectivity index (χ2n) is 4.62. The topological polar surface area (TPSA) is 42.7 Å². The van der Waals surface area contributed by atoms with Gasteiger partial charge in [0.25, 0.3) is 0 Å². The number of benzene rings is 1. The summed E-state index contributed by atoms with van der Waals surface area (Å²) in [6.45, 7) is 1.29. The summed E-state index contributed by atoms with van der Waals surface area (Å²) in [5, 5.41) is 11.2. The Bertz CT molecular complexity index is 594. The van der Waals surface area contributed by atoms with Crippen molar-refractivity contribution >= 4 is 5.69 Å². The van der Waals surface area contributed by atoms with Crippen molar-refractivity contribution in [1.29, 1.82) is 0 Å². The van der Waals surface area contributed by atoms with Crippen LogP contribution in [0, 0.1) is 11.6 Å². The number of nitrogens with one attached hydrogen (secondary N) is 1. The van der Waals surface area contributed by atoms with Crippen molar-refractivity contribution in [2.45, 2.75) is 32.4 Å². The molecule has 0 radical (unpaired) electrons. The van der Waals surface area contributed by atoms with Crippen molar-refractivity contribution < 1.29 is 8.78 Å². The summed E-state index contributed by atoms with van der Waals surface area (Å²) in [5.41, 5.74) is 0.273. The number of anilines is 1. The van der Waals surface area contributed by atoms with Gasteiger partial charge in [-0.25, -0.2) is 8.78 Å². The largest absolute Gasteiger partial charge is 0.375 e. The molecule has 4 nitrogen and oxygen atoms in total. The zero-order valence-corrected chi connectivity index (χ0v) is 10.4. The first-order valence-corrected chi connectivity index (χ1v) is 6.34. The van der Waals surface area contributed by atoms with Crippen LogP contribution in [0.1, 0.15) is 24.5 Å². The van der Waals surface area contributed by atoms with E-state index in [0.717, 1.165) is 43.5 Å². The van der Waals surface area contributed by atoms with Crippen molar-refractivity contribution in [3.05, 3.63) is 41.5 Å². The minimum atomic E-state index is -0.599. The van der Waals surface area contributed by atoms with Crippen LogP contribution in [0.2, 0.25) is 0 Å². The van der Waals surface area contributed by atoms with Crippen molar-refractivity contribution in [2.24, 2.45) is 0 Å². The lowest BCUT2D eigenvalue weighted by Crippen LogP contribution is -2.15. The number of nitrogens with zero attached hydrogens (tertiary/aromatic N) is 3. The van der Waals surface area contributed by atoms with Crippen LogP contribution >= 0.6 is 0 Å². The van der Waals surface area contributed by atoms with Gasteiger partial charge < -0.3 is 9.88 Å². The van der Waals surface area contributed by atoms with Gasteiger partial charge in [0.05, 0.1) is 12.2 Å². The summed E-state index contributed by atoms with van der Waals surface area (Å²) in [6, 6.07) is 3.48. The number of halogens is 2. The molecule has 0 unspecified atom stereocenters. The van der Waals surface area contributed by atoms with E-state index < -0.39 is 11.6 Å². The second kappa shape index (κ2) is 4.95. The van der Waals surface area contributed by atoms with Crippen LogP contribution in [-0.2, 0) is 19.5 Å². The standard InChI is InChI=1S/C13H14F2N4/c14-9-4-5-11(10(15)7-9)16-8-13-18-17-12-3-1-2-6-19(12)13/h4-5,7,16H,1-3,6,8H2. The normalized spacial score (nSPS) is 14.2. The van der Waals surface area contributed by atoms with Crippen LogP contribution in [0.25, 0.3) is 0 Å². The first-order valence-electron chi connectivity index (χ1n) is 6.34. The number of aromatic nitrogens is 3. The Hall–Kier alpha value is -1.98. The molecule has 0 saturated carbocycles. The van der Waals surface area contributed by atoms with Crippen LogP contribution in [0.4, 0.5) is 14.5 Å². The maximum Gasteiger partial charge on any atom is 0.152 e. The van der Waals surface area contributed by atoms with E-state index in [1.165, 1.54) is 12.1 Å². The van der Waals surface area contributed by atoms with Crippen LogP contribution in [0.3, 0.4) is 0 Å². The molecule has 0 aliphatic carbocycles. The average molecular weight is 264 g/mol. The van der Waals surface area contributed by atoms with E-state index in [4.69, 9.17) is 0 Å². The smallest absolute Gasteiger partial charge is 0.152 e. The lowest BCUT2D eigenvalue weighted by atomic mass is 10.2. The first-order chi connectivity index (χ1) is 9.24. The lowest BCUT2D eigenvalue weighted by Gasteiger charge is -2.15. The van der Waals surface area contributed by atoms with E-state index in [1.54, 1.807) is 0 Å². The third-order valence-corrected chi connectivity index (χ3v) is 3.30. The van der Waals surface area contributed by atoms with Gasteiger partial charge in [0.2, 0.25) is 0 Å². The van der Waals surface area contributed by atoms with Crippen LogP contribution < -0.4 is 5.32 Å². The Kier molecular flexibility index (Phi) is 3.15. The quantitative estimate of drug-likeness (QED) is 0.926. The molecule has 0 atom stereocenters. The molecule has 1 aromatic carbocycles. The summed E-state index contributed by atoms with van der Waals surface area (Å²) in [7, 11) is 0. The van der Waals surface area contributed by atoms with Gasteiger partial charge in [-0.2, -0.15) is 0 Å². The molecule has 100 valence electrons. The highest BCUT2D eigenvalue weighted by molar-refractivity contribution is 5.44. The Morgan fingerprint density at radius 3 is 2.95 bits per heavy atom. The van der Waals surface area contributed by atoms with Gasteiger partial charge in [-0.3, -0.25) is 0 Å². The first kappa shape index (κ1) is 12.1. The van der Waals surface area contributed by atoms with E-state index >= 15 is 0 Å². The fourth-order valence-corrected chi connectivity index (χ4v) is 2.31. The number of hydrogen-bond donors (Lipinski definition) is 1. The lowest BCUT2D eigenvalue weighted by molar-refractivity contribution is 0.509. The maximum absolute atomic E-state index is 13.5. The highest BCUT2D eigenvalue weighted by Crippen LogP contribution is 2.18. The highest BCUT2D eigenvalue weighted by Gasteiger charge is 2.15. The molecule has 0 fully saturated rings. The van der Waals surface area contributed by atoms with Gasteiger partial charge in [0.15, 0.2) is 5.82 Å². The molecule has 2 heterocycles. The molecule has 1 aliphatic rings. The summed E-state index contributed by atoms with van der Waals surface area (Å²) < 4.78 is 28.3. The molecule has 0 saturated heterocycles. The summed E-state index contributed by atoms with van der Waals surface area (Å²) in [6.07, 6.45) is 3.19. The van der Waals surface area contributed by atoms with Gasteiger partial charge in [-0.15, -0.1) is 10.2 Å². The van der Waals surface area contributed by atoms with Crippen LogP contribution in [0.5, 0.6) is 0 Å². The third kappa shape index (κ3) is 2.43. The van der Waals surface area contributed by atoms with Crippen LogP contribution in [0.15, 0.2) is 18.2 Å². The Morgan fingerprint density at radius 1 is 1.21 bits per heavy atom. The van der Waals surface area contributed by atoms with Crippen molar-refractivity contribution in [3.63, 3.8) is 0 Å². The molecular formula is C13H14F2N4. The predicted octanol–water partition coefficient (Wildman–Crippen LogP) is 2.50. The van der Waals surface area contributed by atoms with Gasteiger partial charge in [0.1, 0.15) is 17.5 Å². The molecule has 0 spiro atoms. The molecule has 6 heteroatoms. The van der Waals surface area contributed by atoms with Crippen molar-refractivity contribution in [1.82, 2.24) is 14.8 Å². The molecule has 2 aromatic rings. The molecule has 0 bridgehead atoms. The van der Waals surface area contributed by atoms with E-state index in [0.29, 0.717) is 6.54 Å². The number of aryl methyl sites for hydroxylation is 1. The zero-order chi connectivity index (χ0) is 13.2. The minimum absolute atomic E-state index is 0.273.